The number of halogens is 1. The van der Waals surface area contributed by atoms with Gasteiger partial charge in [0.2, 0.25) is 5.89 Å². The summed E-state index contributed by atoms with van der Waals surface area (Å²) in [5.74, 6) is 1.75. The second kappa shape index (κ2) is 6.14. The molecule has 0 N–H and O–H groups in total. The number of hydrogen-bond acceptors (Lipinski definition) is 3. The molecule has 0 aliphatic heterocycles. The van der Waals surface area contributed by atoms with Gasteiger partial charge in [-0.15, -0.1) is 11.8 Å². The molecule has 4 heteroatoms. The van der Waals surface area contributed by atoms with Gasteiger partial charge in [-0.25, -0.2) is 9.37 Å². The van der Waals surface area contributed by atoms with E-state index in [0.29, 0.717) is 17.4 Å². The molecule has 21 heavy (non-hydrogen) atoms. The van der Waals surface area contributed by atoms with Gasteiger partial charge in [0.25, 0.3) is 0 Å². The first kappa shape index (κ1) is 13.9. The molecule has 2 nitrogen and oxygen atoms in total. The number of hydrogen-bond donors (Lipinski definition) is 0. The highest BCUT2D eigenvalue weighted by Crippen LogP contribution is 2.27. The van der Waals surface area contributed by atoms with Gasteiger partial charge in [-0.3, -0.25) is 0 Å². The van der Waals surface area contributed by atoms with Crippen molar-refractivity contribution in [1.82, 2.24) is 4.98 Å². The molecule has 0 saturated carbocycles. The third kappa shape index (κ3) is 3.34. The summed E-state index contributed by atoms with van der Waals surface area (Å²) in [4.78, 5) is 5.50. The molecular weight excluding hydrogens is 285 g/mol. The van der Waals surface area contributed by atoms with Crippen molar-refractivity contribution in [3.05, 3.63) is 72.0 Å². The van der Waals surface area contributed by atoms with Gasteiger partial charge in [0.1, 0.15) is 5.82 Å². The molecule has 106 valence electrons. The highest BCUT2D eigenvalue weighted by atomic mass is 32.2. The summed E-state index contributed by atoms with van der Waals surface area (Å²) in [5, 5.41) is 0. The molecule has 1 heterocycles. The topological polar surface area (TPSA) is 26.0 Å². The van der Waals surface area contributed by atoms with E-state index in [1.807, 2.05) is 12.1 Å². The average Bonchev–Trinajstić information content (AvgIpc) is 2.96. The van der Waals surface area contributed by atoms with Crippen LogP contribution < -0.4 is 0 Å². The van der Waals surface area contributed by atoms with Gasteiger partial charge in [0, 0.05) is 10.5 Å². The Hall–Kier alpha value is -2.07. The van der Waals surface area contributed by atoms with Crippen LogP contribution in [0.15, 0.2) is 64.0 Å². The molecule has 0 atom stereocenters. The first-order chi connectivity index (χ1) is 10.2. The second-order valence-corrected chi connectivity index (χ2v) is 5.70. The number of aryl methyl sites for hydroxylation is 1. The van der Waals surface area contributed by atoms with Crippen LogP contribution in [-0.2, 0) is 5.75 Å². The molecular formula is C17H14FNOS. The van der Waals surface area contributed by atoms with Crippen LogP contribution in [0.5, 0.6) is 0 Å². The van der Waals surface area contributed by atoms with Gasteiger partial charge < -0.3 is 4.42 Å². The Morgan fingerprint density at radius 3 is 2.62 bits per heavy atom. The van der Waals surface area contributed by atoms with Gasteiger partial charge in [0.05, 0.1) is 11.9 Å². The maximum Gasteiger partial charge on any atom is 0.205 e. The van der Waals surface area contributed by atoms with Crippen molar-refractivity contribution < 1.29 is 8.81 Å². The first-order valence-electron chi connectivity index (χ1n) is 6.61. The summed E-state index contributed by atoms with van der Waals surface area (Å²) >= 11 is 1.69. The smallest absolute Gasteiger partial charge is 0.205 e. The van der Waals surface area contributed by atoms with E-state index in [1.54, 1.807) is 30.1 Å². The number of oxazole rings is 1. The van der Waals surface area contributed by atoms with Crippen molar-refractivity contribution in [3.63, 3.8) is 0 Å². The molecule has 0 amide bonds. The highest BCUT2D eigenvalue weighted by molar-refractivity contribution is 7.98. The monoisotopic (exact) mass is 299 g/mol. The maximum atomic E-state index is 12.9. The number of nitrogens with zero attached hydrogens (tertiary/aromatic N) is 1. The fraction of sp³-hybridized carbons (Fsp3) is 0.118. The summed E-state index contributed by atoms with van der Waals surface area (Å²) < 4.78 is 18.6. The van der Waals surface area contributed by atoms with Crippen molar-refractivity contribution in [1.29, 1.82) is 0 Å². The molecule has 2 aromatic carbocycles. The zero-order chi connectivity index (χ0) is 14.7. The Labute approximate surface area is 127 Å². The fourth-order valence-electron chi connectivity index (χ4n) is 1.98. The zero-order valence-corrected chi connectivity index (χ0v) is 12.4. The summed E-state index contributed by atoms with van der Waals surface area (Å²) in [6.07, 6.45) is 1.68. The molecule has 0 saturated heterocycles. The normalized spacial score (nSPS) is 10.8. The van der Waals surface area contributed by atoms with E-state index < -0.39 is 0 Å². The Balaban J connectivity index is 1.71. The van der Waals surface area contributed by atoms with Crippen molar-refractivity contribution in [2.24, 2.45) is 0 Å². The van der Waals surface area contributed by atoms with E-state index >= 15 is 0 Å². The minimum absolute atomic E-state index is 0.256. The minimum Gasteiger partial charge on any atom is -0.440 e. The van der Waals surface area contributed by atoms with E-state index in [9.17, 15) is 4.39 Å². The molecule has 0 spiro atoms. The van der Waals surface area contributed by atoms with Crippen LogP contribution in [0.2, 0.25) is 0 Å². The number of benzene rings is 2. The fourth-order valence-corrected chi connectivity index (χ4v) is 2.87. The quantitative estimate of drug-likeness (QED) is 0.628. The average molecular weight is 299 g/mol. The predicted octanol–water partition coefficient (Wildman–Crippen LogP) is 5.08. The van der Waals surface area contributed by atoms with Gasteiger partial charge in [-0.2, -0.15) is 0 Å². The van der Waals surface area contributed by atoms with E-state index in [-0.39, 0.29) is 5.82 Å². The predicted molar refractivity (Wildman–Crippen MR) is 82.6 cm³/mol. The van der Waals surface area contributed by atoms with Gasteiger partial charge in [-0.05, 0) is 42.8 Å². The molecule has 3 aromatic rings. The minimum atomic E-state index is -0.256. The van der Waals surface area contributed by atoms with Gasteiger partial charge in [0.15, 0.2) is 5.76 Å². The van der Waals surface area contributed by atoms with Crippen LogP contribution in [0.3, 0.4) is 0 Å². The third-order valence-corrected chi connectivity index (χ3v) is 4.29. The van der Waals surface area contributed by atoms with E-state index in [2.05, 4.69) is 24.0 Å². The largest absolute Gasteiger partial charge is 0.440 e. The standard InChI is InChI=1S/C17H14FNOS/c1-12-4-2-3-5-16(12)21-11-17-19-10-15(20-17)13-6-8-14(18)9-7-13/h2-10H,11H2,1H3. The molecule has 1 aromatic heterocycles. The lowest BCUT2D eigenvalue weighted by Gasteiger charge is -2.02. The Morgan fingerprint density at radius 2 is 1.86 bits per heavy atom. The van der Waals surface area contributed by atoms with E-state index in [1.165, 1.54) is 22.6 Å². The van der Waals surface area contributed by atoms with Crippen molar-refractivity contribution in [2.75, 3.05) is 0 Å². The Kier molecular flexibility index (Phi) is 4.06. The summed E-state index contributed by atoms with van der Waals surface area (Å²) in [7, 11) is 0. The number of thioether (sulfide) groups is 1. The Bertz CT molecular complexity index is 737. The van der Waals surface area contributed by atoms with Crippen molar-refractivity contribution in [3.8, 4) is 11.3 Å². The first-order valence-corrected chi connectivity index (χ1v) is 7.60. The molecule has 0 unspecified atom stereocenters. The van der Waals surface area contributed by atoms with E-state index in [4.69, 9.17) is 4.42 Å². The summed E-state index contributed by atoms with van der Waals surface area (Å²) in [5.41, 5.74) is 2.07. The lowest BCUT2D eigenvalue weighted by Crippen LogP contribution is -1.82. The second-order valence-electron chi connectivity index (χ2n) is 4.68. The number of rotatable bonds is 4. The van der Waals surface area contributed by atoms with Crippen molar-refractivity contribution >= 4 is 11.8 Å². The van der Waals surface area contributed by atoms with Crippen molar-refractivity contribution in [2.45, 2.75) is 17.6 Å². The lowest BCUT2D eigenvalue weighted by atomic mass is 10.2. The molecule has 0 fully saturated rings. The van der Waals surface area contributed by atoms with Crippen LogP contribution in [0.25, 0.3) is 11.3 Å². The maximum absolute atomic E-state index is 12.9. The molecule has 0 aliphatic carbocycles. The summed E-state index contributed by atoms with van der Waals surface area (Å²) in [6, 6.07) is 14.4. The van der Waals surface area contributed by atoms with Crippen LogP contribution in [-0.4, -0.2) is 4.98 Å². The van der Waals surface area contributed by atoms with Crippen LogP contribution in [0, 0.1) is 12.7 Å². The third-order valence-electron chi connectivity index (χ3n) is 3.13. The van der Waals surface area contributed by atoms with Crippen LogP contribution >= 0.6 is 11.8 Å². The lowest BCUT2D eigenvalue weighted by molar-refractivity contribution is 0.530. The van der Waals surface area contributed by atoms with Gasteiger partial charge in [-0.1, -0.05) is 18.2 Å². The molecule has 0 radical (unpaired) electrons. The summed E-state index contributed by atoms with van der Waals surface area (Å²) in [6.45, 7) is 2.09. The SMILES string of the molecule is Cc1ccccc1SCc1ncc(-c2ccc(F)cc2)o1. The van der Waals surface area contributed by atoms with Gasteiger partial charge >= 0.3 is 0 Å². The zero-order valence-electron chi connectivity index (χ0n) is 11.5. The Morgan fingerprint density at radius 1 is 1.10 bits per heavy atom. The van der Waals surface area contributed by atoms with Crippen LogP contribution in [0.4, 0.5) is 4.39 Å². The van der Waals surface area contributed by atoms with Crippen LogP contribution in [0.1, 0.15) is 11.5 Å². The molecule has 0 aliphatic rings. The molecule has 0 bridgehead atoms. The molecule has 3 rings (SSSR count). The van der Waals surface area contributed by atoms with E-state index in [0.717, 1.165) is 5.56 Å². The highest BCUT2D eigenvalue weighted by Gasteiger charge is 2.08. The number of aromatic nitrogens is 1.